The van der Waals surface area contributed by atoms with Crippen molar-refractivity contribution in [3.8, 4) is 0 Å². The van der Waals surface area contributed by atoms with Gasteiger partial charge in [-0.2, -0.15) is 0 Å². The average Bonchev–Trinajstić information content (AvgIpc) is 2.36. The summed E-state index contributed by atoms with van der Waals surface area (Å²) in [5, 5.41) is 0. The standard InChI is InChI=1S/C6H5N3O/c10-6-8-2-1-5-7-3-4-9(5)6/h1-3H,4H2. The van der Waals surface area contributed by atoms with E-state index in [4.69, 9.17) is 0 Å². The van der Waals surface area contributed by atoms with Gasteiger partial charge in [-0.1, -0.05) is 0 Å². The van der Waals surface area contributed by atoms with E-state index in [2.05, 4.69) is 9.98 Å². The lowest BCUT2D eigenvalue weighted by atomic mass is 10.6. The maximum absolute atomic E-state index is 10.9. The number of aromatic nitrogens is 2. The van der Waals surface area contributed by atoms with Crippen molar-refractivity contribution >= 4 is 12.0 Å². The van der Waals surface area contributed by atoms with E-state index in [1.165, 1.54) is 10.8 Å². The predicted molar refractivity (Wildman–Crippen MR) is 36.6 cm³/mol. The van der Waals surface area contributed by atoms with Gasteiger partial charge in [0.15, 0.2) is 0 Å². The Morgan fingerprint density at radius 1 is 1.60 bits per heavy atom. The highest BCUT2D eigenvalue weighted by Crippen LogP contribution is 2.10. The van der Waals surface area contributed by atoms with Crippen LogP contribution < -0.4 is 5.69 Å². The van der Waals surface area contributed by atoms with Crippen LogP contribution in [0.25, 0.3) is 0 Å². The Kier molecular flexibility index (Phi) is 0.943. The van der Waals surface area contributed by atoms with E-state index in [-0.39, 0.29) is 5.69 Å². The molecule has 0 fully saturated rings. The van der Waals surface area contributed by atoms with Crippen molar-refractivity contribution in [1.29, 1.82) is 0 Å². The Hall–Kier alpha value is -1.45. The van der Waals surface area contributed by atoms with Crippen LogP contribution in [0.2, 0.25) is 0 Å². The van der Waals surface area contributed by atoms with Crippen LogP contribution in [0.3, 0.4) is 0 Å². The summed E-state index contributed by atoms with van der Waals surface area (Å²) in [6, 6.07) is 1.71. The Morgan fingerprint density at radius 3 is 3.30 bits per heavy atom. The molecule has 2 heterocycles. The number of hydrogen-bond acceptors (Lipinski definition) is 3. The number of hydrogen-bond donors (Lipinski definition) is 0. The normalized spacial score (nSPS) is 13.6. The van der Waals surface area contributed by atoms with Gasteiger partial charge in [0.05, 0.1) is 6.54 Å². The summed E-state index contributed by atoms with van der Waals surface area (Å²) < 4.78 is 1.51. The number of aliphatic imine (C=N–C) groups is 1. The second-order valence-electron chi connectivity index (χ2n) is 2.01. The van der Waals surface area contributed by atoms with E-state index >= 15 is 0 Å². The minimum atomic E-state index is -0.227. The van der Waals surface area contributed by atoms with Crippen LogP contribution in [0.5, 0.6) is 0 Å². The van der Waals surface area contributed by atoms with Crippen molar-refractivity contribution < 1.29 is 0 Å². The van der Waals surface area contributed by atoms with Gasteiger partial charge in [0.25, 0.3) is 0 Å². The predicted octanol–water partition coefficient (Wildman–Crippen LogP) is -0.0408. The lowest BCUT2D eigenvalue weighted by molar-refractivity contribution is 0.802. The zero-order valence-corrected chi connectivity index (χ0v) is 5.19. The van der Waals surface area contributed by atoms with Crippen LogP contribution >= 0.6 is 0 Å². The summed E-state index contributed by atoms with van der Waals surface area (Å²) in [7, 11) is 0. The summed E-state index contributed by atoms with van der Waals surface area (Å²) in [5.74, 6) is 0.694. The Labute approximate surface area is 56.9 Å². The molecule has 1 aromatic rings. The first-order valence-electron chi connectivity index (χ1n) is 2.96. The molecule has 0 radical (unpaired) electrons. The molecule has 10 heavy (non-hydrogen) atoms. The van der Waals surface area contributed by atoms with E-state index in [9.17, 15) is 4.79 Å². The molecular formula is C6H5N3O. The van der Waals surface area contributed by atoms with Gasteiger partial charge in [-0.25, -0.2) is 14.8 Å². The third kappa shape index (κ3) is 0.586. The van der Waals surface area contributed by atoms with Crippen molar-refractivity contribution in [1.82, 2.24) is 9.55 Å². The largest absolute Gasteiger partial charge is 0.349 e. The fourth-order valence-electron chi connectivity index (χ4n) is 0.926. The average molecular weight is 135 g/mol. The summed E-state index contributed by atoms with van der Waals surface area (Å²) in [5.41, 5.74) is -0.227. The molecule has 0 atom stereocenters. The van der Waals surface area contributed by atoms with Crippen LogP contribution in [0.1, 0.15) is 0 Å². The van der Waals surface area contributed by atoms with Gasteiger partial charge in [-0.15, -0.1) is 0 Å². The maximum Gasteiger partial charge on any atom is 0.349 e. The van der Waals surface area contributed by atoms with Crippen molar-refractivity contribution in [3.05, 3.63) is 22.7 Å². The molecule has 4 heteroatoms. The SMILES string of the molecule is O=c1nccc2n1CC=N2. The minimum absolute atomic E-state index is 0.227. The van der Waals surface area contributed by atoms with Crippen molar-refractivity contribution in [2.24, 2.45) is 4.99 Å². The molecule has 4 nitrogen and oxygen atoms in total. The molecule has 0 saturated carbocycles. The lowest BCUT2D eigenvalue weighted by Gasteiger charge is -1.95. The van der Waals surface area contributed by atoms with Gasteiger partial charge in [0, 0.05) is 12.4 Å². The van der Waals surface area contributed by atoms with Crippen LogP contribution in [0, 0.1) is 0 Å². The van der Waals surface area contributed by atoms with E-state index in [0.717, 1.165) is 0 Å². The third-order valence-electron chi connectivity index (χ3n) is 1.40. The van der Waals surface area contributed by atoms with Gasteiger partial charge in [0.2, 0.25) is 0 Å². The fourth-order valence-corrected chi connectivity index (χ4v) is 0.926. The zero-order chi connectivity index (χ0) is 6.97. The van der Waals surface area contributed by atoms with E-state index in [1.54, 1.807) is 12.3 Å². The van der Waals surface area contributed by atoms with Crippen molar-refractivity contribution in [3.63, 3.8) is 0 Å². The van der Waals surface area contributed by atoms with Crippen LogP contribution in [0.15, 0.2) is 22.1 Å². The molecule has 1 aromatic heterocycles. The van der Waals surface area contributed by atoms with Crippen LogP contribution in [0.4, 0.5) is 5.82 Å². The molecule has 0 amide bonds. The quantitative estimate of drug-likeness (QED) is 0.501. The molecule has 0 saturated heterocycles. The molecule has 0 aromatic carbocycles. The second-order valence-corrected chi connectivity index (χ2v) is 2.01. The van der Waals surface area contributed by atoms with Gasteiger partial charge in [-0.05, 0) is 6.07 Å². The third-order valence-corrected chi connectivity index (χ3v) is 1.40. The minimum Gasteiger partial charge on any atom is -0.271 e. The molecule has 0 N–H and O–H groups in total. The number of rotatable bonds is 0. The molecule has 0 aliphatic carbocycles. The Morgan fingerprint density at radius 2 is 2.50 bits per heavy atom. The lowest BCUT2D eigenvalue weighted by Crippen LogP contribution is -2.19. The Bertz CT molecular complexity index is 339. The summed E-state index contributed by atoms with van der Waals surface area (Å²) in [6.45, 7) is 0.558. The molecule has 0 spiro atoms. The van der Waals surface area contributed by atoms with Gasteiger partial charge in [0.1, 0.15) is 5.82 Å². The van der Waals surface area contributed by atoms with Gasteiger partial charge >= 0.3 is 5.69 Å². The van der Waals surface area contributed by atoms with E-state index in [1.807, 2.05) is 0 Å². The zero-order valence-electron chi connectivity index (χ0n) is 5.19. The van der Waals surface area contributed by atoms with Crippen LogP contribution in [-0.2, 0) is 6.54 Å². The highest BCUT2D eigenvalue weighted by molar-refractivity contribution is 5.66. The summed E-state index contributed by atoms with van der Waals surface area (Å²) in [6.07, 6.45) is 3.16. The van der Waals surface area contributed by atoms with E-state index in [0.29, 0.717) is 12.4 Å². The second kappa shape index (κ2) is 1.76. The number of nitrogens with zero attached hydrogens (tertiary/aromatic N) is 3. The van der Waals surface area contributed by atoms with E-state index < -0.39 is 0 Å². The van der Waals surface area contributed by atoms with Crippen molar-refractivity contribution in [2.75, 3.05) is 0 Å². The molecule has 1 aliphatic heterocycles. The molecular weight excluding hydrogens is 130 g/mol. The monoisotopic (exact) mass is 135 g/mol. The molecule has 0 bridgehead atoms. The topological polar surface area (TPSA) is 47.2 Å². The fraction of sp³-hybridized carbons (Fsp3) is 0.167. The smallest absolute Gasteiger partial charge is 0.271 e. The highest BCUT2D eigenvalue weighted by Gasteiger charge is 2.04. The van der Waals surface area contributed by atoms with Crippen molar-refractivity contribution in [2.45, 2.75) is 6.54 Å². The molecule has 2 rings (SSSR count). The molecule has 0 unspecified atom stereocenters. The van der Waals surface area contributed by atoms with Gasteiger partial charge < -0.3 is 0 Å². The first-order valence-corrected chi connectivity index (χ1v) is 2.96. The highest BCUT2D eigenvalue weighted by atomic mass is 16.1. The molecule has 50 valence electrons. The van der Waals surface area contributed by atoms with Gasteiger partial charge in [-0.3, -0.25) is 4.57 Å². The number of fused-ring (bicyclic) bond motifs is 1. The molecule has 1 aliphatic rings. The maximum atomic E-state index is 10.9. The first kappa shape index (κ1) is 5.34. The van der Waals surface area contributed by atoms with Crippen LogP contribution in [-0.4, -0.2) is 15.8 Å². The Balaban J connectivity index is 2.77. The first-order chi connectivity index (χ1) is 4.88. The summed E-state index contributed by atoms with van der Waals surface area (Å²) in [4.78, 5) is 18.4. The summed E-state index contributed by atoms with van der Waals surface area (Å²) >= 11 is 0.